The molecule has 126 valence electrons. The van der Waals surface area contributed by atoms with Gasteiger partial charge in [0.2, 0.25) is 0 Å². The number of carbonyl (C=O) groups excluding carboxylic acids is 1. The number of ether oxygens (including phenoxy) is 3. The molecule has 0 saturated carbocycles. The number of aryl methyl sites for hydroxylation is 1. The van der Waals surface area contributed by atoms with E-state index in [1.165, 1.54) is 0 Å². The molecule has 1 atom stereocenters. The minimum Gasteiger partial charge on any atom is -0.486 e. The molecule has 24 heavy (non-hydrogen) atoms. The third-order valence-corrected chi connectivity index (χ3v) is 4.96. The van der Waals surface area contributed by atoms with Crippen LogP contribution in [-0.2, 0) is 4.74 Å². The van der Waals surface area contributed by atoms with Gasteiger partial charge in [-0.25, -0.2) is 4.98 Å². The first-order chi connectivity index (χ1) is 11.7. The third-order valence-electron chi connectivity index (χ3n) is 4.16. The molecule has 1 fully saturated rings. The summed E-state index contributed by atoms with van der Waals surface area (Å²) in [6, 6.07) is 5.26. The van der Waals surface area contributed by atoms with E-state index >= 15 is 0 Å². The average molecular weight is 346 g/mol. The fraction of sp³-hybridized carbons (Fsp3) is 0.412. The molecule has 1 unspecified atom stereocenters. The molecule has 2 aromatic rings. The molecule has 7 heteroatoms. The fourth-order valence-corrected chi connectivity index (χ4v) is 3.68. The van der Waals surface area contributed by atoms with Crippen LogP contribution in [-0.4, -0.2) is 48.8 Å². The highest BCUT2D eigenvalue weighted by atomic mass is 32.1. The first-order valence-corrected chi connectivity index (χ1v) is 8.81. The number of benzene rings is 1. The maximum absolute atomic E-state index is 13.2. The lowest BCUT2D eigenvalue weighted by Crippen LogP contribution is -2.43. The van der Waals surface area contributed by atoms with Gasteiger partial charge in [0, 0.05) is 11.9 Å². The van der Waals surface area contributed by atoms with E-state index in [4.69, 9.17) is 14.2 Å². The molecule has 6 nitrogen and oxygen atoms in total. The number of para-hydroxylation sites is 1. The van der Waals surface area contributed by atoms with E-state index in [0.717, 1.165) is 10.7 Å². The lowest BCUT2D eigenvalue weighted by atomic mass is 10.1. The highest BCUT2D eigenvalue weighted by molar-refractivity contribution is 7.09. The largest absolute Gasteiger partial charge is 0.486 e. The molecule has 0 radical (unpaired) electrons. The number of hydrogen-bond acceptors (Lipinski definition) is 6. The summed E-state index contributed by atoms with van der Waals surface area (Å²) in [6.07, 6.45) is 0. The minimum absolute atomic E-state index is 0.0729. The first kappa shape index (κ1) is 15.4. The maximum atomic E-state index is 13.2. The smallest absolute Gasteiger partial charge is 0.258 e. The number of aromatic nitrogens is 1. The maximum Gasteiger partial charge on any atom is 0.258 e. The van der Waals surface area contributed by atoms with Gasteiger partial charge in [-0.2, -0.15) is 0 Å². The van der Waals surface area contributed by atoms with Crippen molar-refractivity contribution in [2.45, 2.75) is 13.0 Å². The van der Waals surface area contributed by atoms with E-state index in [2.05, 4.69) is 4.98 Å². The Morgan fingerprint density at radius 1 is 1.29 bits per heavy atom. The van der Waals surface area contributed by atoms with Gasteiger partial charge in [0.05, 0.1) is 35.5 Å². The summed E-state index contributed by atoms with van der Waals surface area (Å²) in [5, 5.41) is 2.98. The van der Waals surface area contributed by atoms with Crippen LogP contribution >= 0.6 is 11.3 Å². The molecule has 4 rings (SSSR count). The molecule has 1 aromatic heterocycles. The quantitative estimate of drug-likeness (QED) is 0.836. The number of carbonyl (C=O) groups is 1. The monoisotopic (exact) mass is 346 g/mol. The molecule has 1 saturated heterocycles. The Morgan fingerprint density at radius 3 is 3.00 bits per heavy atom. The molecule has 0 bridgehead atoms. The van der Waals surface area contributed by atoms with Gasteiger partial charge in [-0.15, -0.1) is 11.3 Å². The van der Waals surface area contributed by atoms with Crippen molar-refractivity contribution in [1.82, 2.24) is 9.88 Å². The Kier molecular flexibility index (Phi) is 4.12. The van der Waals surface area contributed by atoms with Crippen molar-refractivity contribution in [3.63, 3.8) is 0 Å². The molecule has 2 aliphatic rings. The number of morpholine rings is 1. The molecule has 0 N–H and O–H groups in total. The molecule has 3 heterocycles. The van der Waals surface area contributed by atoms with Crippen LogP contribution < -0.4 is 9.47 Å². The number of thiazole rings is 1. The summed E-state index contributed by atoms with van der Waals surface area (Å²) in [5.74, 6) is 1.09. The SMILES string of the molecule is Cc1nc(C2COCCN2C(=O)c2cccc3c2OCCO3)cs1. The molecule has 1 aromatic carbocycles. The van der Waals surface area contributed by atoms with Crippen molar-refractivity contribution in [2.24, 2.45) is 0 Å². The number of hydrogen-bond donors (Lipinski definition) is 0. The van der Waals surface area contributed by atoms with Crippen molar-refractivity contribution >= 4 is 17.2 Å². The topological polar surface area (TPSA) is 60.9 Å². The second-order valence-electron chi connectivity index (χ2n) is 5.71. The Morgan fingerprint density at radius 2 is 2.17 bits per heavy atom. The first-order valence-electron chi connectivity index (χ1n) is 7.93. The van der Waals surface area contributed by atoms with Crippen molar-refractivity contribution < 1.29 is 19.0 Å². The van der Waals surface area contributed by atoms with Crippen molar-refractivity contribution in [3.8, 4) is 11.5 Å². The lowest BCUT2D eigenvalue weighted by Gasteiger charge is -2.35. The Bertz CT molecular complexity index is 761. The van der Waals surface area contributed by atoms with Gasteiger partial charge >= 0.3 is 0 Å². The number of rotatable bonds is 2. The van der Waals surface area contributed by atoms with E-state index in [1.54, 1.807) is 17.4 Å². The third kappa shape index (κ3) is 2.74. The Hall–Kier alpha value is -2.12. The van der Waals surface area contributed by atoms with Gasteiger partial charge in [-0.3, -0.25) is 4.79 Å². The summed E-state index contributed by atoms with van der Waals surface area (Å²) >= 11 is 1.58. The van der Waals surface area contributed by atoms with Gasteiger partial charge in [0.15, 0.2) is 11.5 Å². The van der Waals surface area contributed by atoms with E-state index in [0.29, 0.717) is 50.0 Å². The van der Waals surface area contributed by atoms with Crippen molar-refractivity contribution in [3.05, 3.63) is 39.8 Å². The Balaban J connectivity index is 1.67. The zero-order valence-corrected chi connectivity index (χ0v) is 14.2. The van der Waals surface area contributed by atoms with Gasteiger partial charge in [-0.05, 0) is 19.1 Å². The highest BCUT2D eigenvalue weighted by Gasteiger charge is 2.33. The van der Waals surface area contributed by atoms with Gasteiger partial charge in [0.1, 0.15) is 13.2 Å². The van der Waals surface area contributed by atoms with Crippen LogP contribution in [0.2, 0.25) is 0 Å². The van der Waals surface area contributed by atoms with Crippen LogP contribution in [0, 0.1) is 6.92 Å². The average Bonchev–Trinajstić information content (AvgIpc) is 3.07. The molecule has 0 spiro atoms. The van der Waals surface area contributed by atoms with E-state index in [-0.39, 0.29) is 11.9 Å². The second kappa shape index (κ2) is 6.41. The van der Waals surface area contributed by atoms with Gasteiger partial charge in [-0.1, -0.05) is 6.07 Å². The standard InChI is InChI=1S/C17H18N2O4S/c1-11-18-13(10-24-11)14-9-21-6-5-19(14)17(20)12-3-2-4-15-16(12)23-8-7-22-15/h2-4,10,14H,5-9H2,1H3. The molecule has 0 aliphatic carbocycles. The molecule has 1 amide bonds. The molecule has 2 aliphatic heterocycles. The summed E-state index contributed by atoms with van der Waals surface area (Å²) in [5.41, 5.74) is 1.42. The van der Waals surface area contributed by atoms with Crippen molar-refractivity contribution in [2.75, 3.05) is 33.0 Å². The summed E-state index contributed by atoms with van der Waals surface area (Å²) in [7, 11) is 0. The zero-order chi connectivity index (χ0) is 16.5. The normalized spacial score (nSPS) is 20.0. The van der Waals surface area contributed by atoms with Crippen LogP contribution in [0.3, 0.4) is 0 Å². The lowest BCUT2D eigenvalue weighted by molar-refractivity contribution is -0.00406. The predicted molar refractivity (Wildman–Crippen MR) is 88.9 cm³/mol. The van der Waals surface area contributed by atoms with Crippen LogP contribution in [0.1, 0.15) is 27.1 Å². The predicted octanol–water partition coefficient (Wildman–Crippen LogP) is 2.44. The number of amides is 1. The Labute approximate surface area is 144 Å². The number of fused-ring (bicyclic) bond motifs is 1. The molecular formula is C17H18N2O4S. The van der Waals surface area contributed by atoms with E-state index in [1.807, 2.05) is 29.3 Å². The van der Waals surface area contributed by atoms with Crippen LogP contribution in [0.25, 0.3) is 0 Å². The second-order valence-corrected chi connectivity index (χ2v) is 6.77. The highest BCUT2D eigenvalue weighted by Crippen LogP contribution is 2.36. The zero-order valence-electron chi connectivity index (χ0n) is 13.4. The van der Waals surface area contributed by atoms with Crippen molar-refractivity contribution in [1.29, 1.82) is 0 Å². The fourth-order valence-electron chi connectivity index (χ4n) is 3.02. The van der Waals surface area contributed by atoms with E-state index < -0.39 is 0 Å². The summed E-state index contributed by atoms with van der Waals surface area (Å²) < 4.78 is 16.9. The van der Waals surface area contributed by atoms with Gasteiger partial charge in [0.25, 0.3) is 5.91 Å². The van der Waals surface area contributed by atoms with Crippen LogP contribution in [0.15, 0.2) is 23.6 Å². The summed E-state index contributed by atoms with van der Waals surface area (Å²) in [6.45, 7) is 4.43. The minimum atomic E-state index is -0.170. The van der Waals surface area contributed by atoms with Crippen LogP contribution in [0.5, 0.6) is 11.5 Å². The number of nitrogens with zero attached hydrogens (tertiary/aromatic N) is 2. The van der Waals surface area contributed by atoms with E-state index in [9.17, 15) is 4.79 Å². The van der Waals surface area contributed by atoms with Gasteiger partial charge < -0.3 is 19.1 Å². The molecular weight excluding hydrogens is 328 g/mol. The summed E-state index contributed by atoms with van der Waals surface area (Å²) in [4.78, 5) is 19.5. The van der Waals surface area contributed by atoms with Crippen LogP contribution in [0.4, 0.5) is 0 Å².